The summed E-state index contributed by atoms with van der Waals surface area (Å²) in [6.45, 7) is -0.284. The minimum Gasteiger partial charge on any atom is -0.392 e. The average molecular weight is 397 g/mol. The Kier molecular flexibility index (Phi) is 4.87. The van der Waals surface area contributed by atoms with Crippen molar-refractivity contribution in [2.45, 2.75) is 17.7 Å². The lowest BCUT2D eigenvalue weighted by atomic mass is 9.95. The summed E-state index contributed by atoms with van der Waals surface area (Å²) in [6, 6.07) is 8.27. The summed E-state index contributed by atoms with van der Waals surface area (Å²) in [6.07, 6.45) is -4.16. The second kappa shape index (κ2) is 6.86. The standard InChI is InChI=1S/C17H14F3N3O3S/c1-27(25,26)15-13(17(18,19)20)7-6-12(14(15)16-21-9-22-23-16)11-4-2-10(8-24)3-5-11/h2-7,24H,8-9H2,1H3. The number of benzene rings is 2. The van der Waals surface area contributed by atoms with Crippen LogP contribution in [0.3, 0.4) is 0 Å². The van der Waals surface area contributed by atoms with Crippen LogP contribution < -0.4 is 0 Å². The molecule has 0 saturated heterocycles. The summed E-state index contributed by atoms with van der Waals surface area (Å²) >= 11 is 0. The van der Waals surface area contributed by atoms with Gasteiger partial charge in [0, 0.05) is 11.8 Å². The van der Waals surface area contributed by atoms with Crippen molar-refractivity contribution in [2.24, 2.45) is 15.2 Å². The molecule has 3 rings (SSSR count). The number of rotatable bonds is 4. The Balaban J connectivity index is 2.39. The maximum Gasteiger partial charge on any atom is 0.417 e. The van der Waals surface area contributed by atoms with E-state index in [1.165, 1.54) is 6.07 Å². The summed E-state index contributed by atoms with van der Waals surface area (Å²) in [4.78, 5) is 3.06. The molecule has 6 nitrogen and oxygen atoms in total. The highest BCUT2D eigenvalue weighted by Crippen LogP contribution is 2.40. The lowest BCUT2D eigenvalue weighted by molar-refractivity contribution is -0.139. The molecule has 0 unspecified atom stereocenters. The summed E-state index contributed by atoms with van der Waals surface area (Å²) in [5.74, 6) is -0.164. The first kappa shape index (κ1) is 19.2. The topological polar surface area (TPSA) is 91.5 Å². The van der Waals surface area contributed by atoms with Gasteiger partial charge in [-0.3, -0.25) is 0 Å². The van der Waals surface area contributed by atoms with E-state index in [1.807, 2.05) is 0 Å². The molecule has 1 aliphatic heterocycles. The number of azo groups is 1. The SMILES string of the molecule is CS(=O)(=O)c1c(C(F)(F)F)ccc(-c2ccc(CO)cc2)c1C1=NCN=N1. The van der Waals surface area contributed by atoms with Crippen LogP contribution >= 0.6 is 0 Å². The molecule has 0 amide bonds. The molecular formula is C17H14F3N3O3S. The van der Waals surface area contributed by atoms with E-state index in [0.717, 1.165) is 6.07 Å². The highest BCUT2D eigenvalue weighted by atomic mass is 32.2. The second-order valence-corrected chi connectivity index (χ2v) is 7.81. The van der Waals surface area contributed by atoms with Gasteiger partial charge in [0.2, 0.25) is 0 Å². The van der Waals surface area contributed by atoms with Crippen LogP contribution in [0.25, 0.3) is 11.1 Å². The van der Waals surface area contributed by atoms with Crippen LogP contribution in [-0.2, 0) is 22.6 Å². The summed E-state index contributed by atoms with van der Waals surface area (Å²) < 4.78 is 65.1. The van der Waals surface area contributed by atoms with Gasteiger partial charge in [-0.05, 0) is 22.8 Å². The highest BCUT2D eigenvalue weighted by Gasteiger charge is 2.39. The minimum atomic E-state index is -4.87. The van der Waals surface area contributed by atoms with E-state index in [0.29, 0.717) is 17.4 Å². The van der Waals surface area contributed by atoms with Crippen molar-refractivity contribution in [3.8, 4) is 11.1 Å². The van der Waals surface area contributed by atoms with Crippen molar-refractivity contribution in [3.05, 3.63) is 53.1 Å². The number of amidine groups is 1. The normalized spacial score (nSPS) is 14.5. The number of aliphatic hydroxyl groups excluding tert-OH is 1. The first-order valence-electron chi connectivity index (χ1n) is 7.69. The van der Waals surface area contributed by atoms with E-state index in [1.54, 1.807) is 24.3 Å². The van der Waals surface area contributed by atoms with Gasteiger partial charge in [-0.1, -0.05) is 30.3 Å². The molecule has 0 bridgehead atoms. The van der Waals surface area contributed by atoms with Gasteiger partial charge in [-0.15, -0.1) is 5.11 Å². The fraction of sp³-hybridized carbons (Fsp3) is 0.235. The number of aliphatic imine (C=N–C) groups is 1. The van der Waals surface area contributed by atoms with E-state index in [9.17, 15) is 21.6 Å². The lowest BCUT2D eigenvalue weighted by Crippen LogP contribution is -2.17. The number of hydrogen-bond acceptors (Lipinski definition) is 6. The van der Waals surface area contributed by atoms with Crippen molar-refractivity contribution >= 4 is 15.7 Å². The third-order valence-corrected chi connectivity index (χ3v) is 5.12. The molecular weight excluding hydrogens is 383 g/mol. The number of sulfone groups is 1. The fourth-order valence-corrected chi connectivity index (χ4v) is 3.96. The number of alkyl halides is 3. The minimum absolute atomic E-state index is 0.0856. The molecule has 0 radical (unpaired) electrons. The molecule has 0 spiro atoms. The van der Waals surface area contributed by atoms with Crippen LogP contribution in [0.1, 0.15) is 16.7 Å². The first-order chi connectivity index (χ1) is 12.6. The summed E-state index contributed by atoms with van der Waals surface area (Å²) in [5.41, 5.74) is -0.211. The Bertz CT molecular complexity index is 1040. The molecule has 27 heavy (non-hydrogen) atoms. The molecule has 1 aliphatic rings. The van der Waals surface area contributed by atoms with Gasteiger partial charge in [0.25, 0.3) is 0 Å². The second-order valence-electron chi connectivity index (χ2n) is 5.85. The molecule has 10 heteroatoms. The van der Waals surface area contributed by atoms with Crippen molar-refractivity contribution < 1.29 is 26.7 Å². The Morgan fingerprint density at radius 3 is 2.26 bits per heavy atom. The zero-order valence-electron chi connectivity index (χ0n) is 14.0. The molecule has 0 aromatic heterocycles. The van der Waals surface area contributed by atoms with E-state index < -0.39 is 26.5 Å². The largest absolute Gasteiger partial charge is 0.417 e. The number of hydrogen-bond donors (Lipinski definition) is 1. The molecule has 0 fully saturated rings. The van der Waals surface area contributed by atoms with Gasteiger partial charge < -0.3 is 5.11 Å². The Labute approximate surface area is 153 Å². The molecule has 2 aromatic carbocycles. The van der Waals surface area contributed by atoms with Crippen LogP contribution in [-0.4, -0.2) is 32.3 Å². The van der Waals surface area contributed by atoms with Crippen LogP contribution in [0.2, 0.25) is 0 Å². The van der Waals surface area contributed by atoms with Crippen LogP contribution in [0, 0.1) is 0 Å². The predicted octanol–water partition coefficient (Wildman–Crippen LogP) is 3.44. The predicted molar refractivity (Wildman–Crippen MR) is 92.2 cm³/mol. The Morgan fingerprint density at radius 2 is 1.78 bits per heavy atom. The van der Waals surface area contributed by atoms with Gasteiger partial charge in [0.05, 0.1) is 17.1 Å². The van der Waals surface area contributed by atoms with Crippen LogP contribution in [0.4, 0.5) is 13.2 Å². The Hall–Kier alpha value is -2.59. The molecule has 142 valence electrons. The monoisotopic (exact) mass is 397 g/mol. The van der Waals surface area contributed by atoms with E-state index in [4.69, 9.17) is 5.11 Å². The third kappa shape index (κ3) is 3.76. The maximum absolute atomic E-state index is 13.5. The number of halogens is 3. The first-order valence-corrected chi connectivity index (χ1v) is 9.59. The van der Waals surface area contributed by atoms with E-state index in [2.05, 4.69) is 15.2 Å². The third-order valence-electron chi connectivity index (χ3n) is 3.95. The zero-order chi connectivity index (χ0) is 19.8. The fourth-order valence-electron chi connectivity index (χ4n) is 2.80. The van der Waals surface area contributed by atoms with Gasteiger partial charge >= 0.3 is 6.18 Å². The number of aliphatic hydroxyl groups is 1. The zero-order valence-corrected chi connectivity index (χ0v) is 14.8. The summed E-state index contributed by atoms with van der Waals surface area (Å²) in [5, 5.41) is 16.5. The van der Waals surface area contributed by atoms with Gasteiger partial charge in [0.15, 0.2) is 22.3 Å². The molecule has 2 aromatic rings. The van der Waals surface area contributed by atoms with Gasteiger partial charge in [0.1, 0.15) is 0 Å². The molecule has 0 atom stereocenters. The van der Waals surface area contributed by atoms with Crippen molar-refractivity contribution in [3.63, 3.8) is 0 Å². The van der Waals surface area contributed by atoms with E-state index >= 15 is 0 Å². The summed E-state index contributed by atoms with van der Waals surface area (Å²) in [7, 11) is -4.27. The van der Waals surface area contributed by atoms with Gasteiger partial charge in [-0.2, -0.15) is 18.3 Å². The molecule has 0 saturated carbocycles. The van der Waals surface area contributed by atoms with Crippen molar-refractivity contribution in [1.82, 2.24) is 0 Å². The quantitative estimate of drug-likeness (QED) is 0.857. The van der Waals surface area contributed by atoms with Gasteiger partial charge in [-0.25, -0.2) is 13.4 Å². The average Bonchev–Trinajstić information content (AvgIpc) is 3.13. The maximum atomic E-state index is 13.5. The van der Waals surface area contributed by atoms with Crippen LogP contribution in [0.15, 0.2) is 56.5 Å². The van der Waals surface area contributed by atoms with Crippen molar-refractivity contribution in [1.29, 1.82) is 0 Å². The lowest BCUT2D eigenvalue weighted by Gasteiger charge is -2.18. The van der Waals surface area contributed by atoms with Crippen LogP contribution in [0.5, 0.6) is 0 Å². The Morgan fingerprint density at radius 1 is 1.11 bits per heavy atom. The smallest absolute Gasteiger partial charge is 0.392 e. The van der Waals surface area contributed by atoms with E-state index in [-0.39, 0.29) is 30.2 Å². The molecule has 1 heterocycles. The molecule has 0 aliphatic carbocycles. The molecule has 1 N–H and O–H groups in total. The highest BCUT2D eigenvalue weighted by molar-refractivity contribution is 7.90. The van der Waals surface area contributed by atoms with Crippen molar-refractivity contribution in [2.75, 3.05) is 12.9 Å². The number of nitrogens with zero attached hydrogens (tertiary/aromatic N) is 3.